The van der Waals surface area contributed by atoms with Crippen molar-refractivity contribution in [3.05, 3.63) is 18.0 Å². The number of anilines is 1. The fourth-order valence-corrected chi connectivity index (χ4v) is 1.75. The SMILES string of the molecule is CCC(CC)C(N)CNc1ncc(C)cn1. The van der Waals surface area contributed by atoms with E-state index in [0.717, 1.165) is 24.9 Å². The van der Waals surface area contributed by atoms with E-state index in [1.54, 1.807) is 12.4 Å². The third kappa shape index (κ3) is 3.77. The van der Waals surface area contributed by atoms with Crippen LogP contribution in [0.3, 0.4) is 0 Å². The van der Waals surface area contributed by atoms with Crippen molar-refractivity contribution in [2.45, 2.75) is 39.7 Å². The first-order valence-corrected chi connectivity index (χ1v) is 5.95. The monoisotopic (exact) mass is 222 g/mol. The number of aryl methyl sites for hydroxylation is 1. The number of nitrogens with two attached hydrogens (primary N) is 1. The van der Waals surface area contributed by atoms with Crippen molar-refractivity contribution in [2.24, 2.45) is 11.7 Å². The molecule has 4 heteroatoms. The van der Waals surface area contributed by atoms with E-state index >= 15 is 0 Å². The number of rotatable bonds is 6. The quantitative estimate of drug-likeness (QED) is 0.772. The molecule has 1 aromatic rings. The standard InChI is InChI=1S/C12H22N4/c1-4-10(5-2)11(13)8-16-12-14-6-9(3)7-15-12/h6-7,10-11H,4-5,8,13H2,1-3H3,(H,14,15,16). The van der Waals surface area contributed by atoms with E-state index < -0.39 is 0 Å². The van der Waals surface area contributed by atoms with E-state index in [2.05, 4.69) is 29.1 Å². The van der Waals surface area contributed by atoms with Gasteiger partial charge in [-0.1, -0.05) is 26.7 Å². The Morgan fingerprint density at radius 2 is 1.81 bits per heavy atom. The molecule has 0 aliphatic carbocycles. The molecule has 1 atom stereocenters. The Kier molecular flexibility index (Phi) is 5.19. The van der Waals surface area contributed by atoms with Crippen LogP contribution in [0.2, 0.25) is 0 Å². The Morgan fingerprint density at radius 3 is 2.31 bits per heavy atom. The predicted molar refractivity (Wildman–Crippen MR) is 67.3 cm³/mol. The Bertz CT molecular complexity index is 292. The highest BCUT2D eigenvalue weighted by Gasteiger charge is 2.13. The lowest BCUT2D eigenvalue weighted by Crippen LogP contribution is -2.36. The van der Waals surface area contributed by atoms with E-state index in [0.29, 0.717) is 11.9 Å². The summed E-state index contributed by atoms with van der Waals surface area (Å²) in [5.74, 6) is 1.23. The third-order valence-corrected chi connectivity index (χ3v) is 2.93. The fourth-order valence-electron chi connectivity index (χ4n) is 1.75. The Balaban J connectivity index is 2.42. The maximum Gasteiger partial charge on any atom is 0.222 e. The first kappa shape index (κ1) is 12.9. The molecule has 1 unspecified atom stereocenters. The molecule has 0 amide bonds. The molecule has 0 saturated heterocycles. The summed E-state index contributed by atoms with van der Waals surface area (Å²) in [6.07, 6.45) is 5.85. The molecule has 0 aliphatic rings. The van der Waals surface area contributed by atoms with Gasteiger partial charge >= 0.3 is 0 Å². The average molecular weight is 222 g/mol. The van der Waals surface area contributed by atoms with Crippen LogP contribution in [0, 0.1) is 12.8 Å². The van der Waals surface area contributed by atoms with Gasteiger partial charge in [-0.25, -0.2) is 9.97 Å². The van der Waals surface area contributed by atoms with Gasteiger partial charge in [-0.3, -0.25) is 0 Å². The summed E-state index contributed by atoms with van der Waals surface area (Å²) in [5.41, 5.74) is 7.16. The molecule has 4 nitrogen and oxygen atoms in total. The van der Waals surface area contributed by atoms with Crippen molar-refractivity contribution in [3.63, 3.8) is 0 Å². The van der Waals surface area contributed by atoms with Crippen LogP contribution in [0.1, 0.15) is 32.3 Å². The van der Waals surface area contributed by atoms with Crippen LogP contribution in [0.5, 0.6) is 0 Å². The van der Waals surface area contributed by atoms with Crippen LogP contribution in [-0.4, -0.2) is 22.6 Å². The van der Waals surface area contributed by atoms with Crippen molar-refractivity contribution in [1.29, 1.82) is 0 Å². The minimum atomic E-state index is 0.167. The third-order valence-electron chi connectivity index (χ3n) is 2.93. The molecule has 0 saturated carbocycles. The van der Waals surface area contributed by atoms with Gasteiger partial charge in [0.25, 0.3) is 0 Å². The van der Waals surface area contributed by atoms with Crippen molar-refractivity contribution >= 4 is 5.95 Å². The van der Waals surface area contributed by atoms with Gasteiger partial charge in [-0.2, -0.15) is 0 Å². The minimum Gasteiger partial charge on any atom is -0.353 e. The zero-order valence-corrected chi connectivity index (χ0v) is 10.4. The largest absolute Gasteiger partial charge is 0.353 e. The number of nitrogens with one attached hydrogen (secondary N) is 1. The molecule has 0 aliphatic heterocycles. The molecule has 0 bridgehead atoms. The summed E-state index contributed by atoms with van der Waals surface area (Å²) in [5, 5.41) is 3.17. The number of aromatic nitrogens is 2. The molecule has 0 radical (unpaired) electrons. The van der Waals surface area contributed by atoms with Gasteiger partial charge in [0, 0.05) is 25.0 Å². The summed E-state index contributed by atoms with van der Waals surface area (Å²) in [6, 6.07) is 0.167. The van der Waals surface area contributed by atoms with Crippen LogP contribution < -0.4 is 11.1 Å². The maximum atomic E-state index is 6.10. The molecule has 1 rings (SSSR count). The van der Waals surface area contributed by atoms with E-state index in [9.17, 15) is 0 Å². The van der Waals surface area contributed by atoms with E-state index in [1.807, 2.05) is 6.92 Å². The lowest BCUT2D eigenvalue weighted by atomic mass is 9.95. The van der Waals surface area contributed by atoms with Crippen molar-refractivity contribution in [1.82, 2.24) is 9.97 Å². The number of nitrogens with zero attached hydrogens (tertiary/aromatic N) is 2. The van der Waals surface area contributed by atoms with E-state index in [1.165, 1.54) is 0 Å². The van der Waals surface area contributed by atoms with Crippen LogP contribution in [0.15, 0.2) is 12.4 Å². The lowest BCUT2D eigenvalue weighted by Gasteiger charge is -2.21. The number of hydrogen-bond acceptors (Lipinski definition) is 4. The molecule has 1 aromatic heterocycles. The normalized spacial score (nSPS) is 12.8. The highest BCUT2D eigenvalue weighted by molar-refractivity contribution is 5.24. The molecule has 3 N–H and O–H groups in total. The molecule has 0 spiro atoms. The molecular formula is C12H22N4. The topological polar surface area (TPSA) is 63.8 Å². The molecular weight excluding hydrogens is 200 g/mol. The highest BCUT2D eigenvalue weighted by atomic mass is 15.1. The number of hydrogen-bond donors (Lipinski definition) is 2. The highest BCUT2D eigenvalue weighted by Crippen LogP contribution is 2.11. The average Bonchev–Trinajstić information content (AvgIpc) is 2.30. The van der Waals surface area contributed by atoms with Crippen LogP contribution in [-0.2, 0) is 0 Å². The fraction of sp³-hybridized carbons (Fsp3) is 0.667. The maximum absolute atomic E-state index is 6.10. The first-order valence-electron chi connectivity index (χ1n) is 5.95. The Morgan fingerprint density at radius 1 is 1.25 bits per heavy atom. The second-order valence-electron chi connectivity index (χ2n) is 4.21. The predicted octanol–water partition coefficient (Wildman–Crippen LogP) is 1.96. The van der Waals surface area contributed by atoms with Gasteiger partial charge in [0.05, 0.1) is 0 Å². The zero-order chi connectivity index (χ0) is 12.0. The molecule has 16 heavy (non-hydrogen) atoms. The molecule has 90 valence electrons. The summed E-state index contributed by atoms with van der Waals surface area (Å²) in [7, 11) is 0. The van der Waals surface area contributed by atoms with Gasteiger partial charge in [-0.05, 0) is 18.4 Å². The summed E-state index contributed by atoms with van der Waals surface area (Å²) >= 11 is 0. The van der Waals surface area contributed by atoms with Gasteiger partial charge in [0.1, 0.15) is 0 Å². The minimum absolute atomic E-state index is 0.167. The molecule has 0 fully saturated rings. The summed E-state index contributed by atoms with van der Waals surface area (Å²) in [6.45, 7) is 7.06. The lowest BCUT2D eigenvalue weighted by molar-refractivity contribution is 0.407. The van der Waals surface area contributed by atoms with Gasteiger partial charge in [-0.15, -0.1) is 0 Å². The zero-order valence-electron chi connectivity index (χ0n) is 10.4. The van der Waals surface area contributed by atoms with Gasteiger partial charge in [0.15, 0.2) is 0 Å². The summed E-state index contributed by atoms with van der Waals surface area (Å²) in [4.78, 5) is 8.37. The second kappa shape index (κ2) is 6.43. The molecule has 0 aromatic carbocycles. The smallest absolute Gasteiger partial charge is 0.222 e. The first-order chi connectivity index (χ1) is 7.67. The van der Waals surface area contributed by atoms with Gasteiger partial charge in [0.2, 0.25) is 5.95 Å². The van der Waals surface area contributed by atoms with Crippen molar-refractivity contribution < 1.29 is 0 Å². The second-order valence-corrected chi connectivity index (χ2v) is 4.21. The van der Waals surface area contributed by atoms with Crippen molar-refractivity contribution in [2.75, 3.05) is 11.9 Å². The molecule has 1 heterocycles. The van der Waals surface area contributed by atoms with E-state index in [4.69, 9.17) is 5.73 Å². The van der Waals surface area contributed by atoms with Crippen LogP contribution in [0.4, 0.5) is 5.95 Å². The Hall–Kier alpha value is -1.16. The summed E-state index contributed by atoms with van der Waals surface area (Å²) < 4.78 is 0. The van der Waals surface area contributed by atoms with Crippen molar-refractivity contribution in [3.8, 4) is 0 Å². The Labute approximate surface area is 97.7 Å². The van der Waals surface area contributed by atoms with Crippen LogP contribution in [0.25, 0.3) is 0 Å². The van der Waals surface area contributed by atoms with Crippen LogP contribution >= 0.6 is 0 Å². The van der Waals surface area contributed by atoms with E-state index in [-0.39, 0.29) is 6.04 Å². The van der Waals surface area contributed by atoms with Gasteiger partial charge < -0.3 is 11.1 Å².